The highest BCUT2D eigenvalue weighted by molar-refractivity contribution is 7.16. The van der Waals surface area contributed by atoms with E-state index in [1.165, 1.54) is 16.9 Å². The average molecular weight is 449 g/mol. The smallest absolute Gasteiger partial charge is 0.281 e. The molecule has 32 heavy (non-hydrogen) atoms. The number of hydrogen-bond acceptors (Lipinski definition) is 7. The molecule has 1 aromatic carbocycles. The van der Waals surface area contributed by atoms with Crippen molar-refractivity contribution in [1.82, 2.24) is 29.7 Å². The first kappa shape index (κ1) is 22.3. The summed E-state index contributed by atoms with van der Waals surface area (Å²) in [6, 6.07) is 14.1. The van der Waals surface area contributed by atoms with E-state index in [9.17, 15) is 4.79 Å². The van der Waals surface area contributed by atoms with Crippen molar-refractivity contribution < 1.29 is 0 Å². The summed E-state index contributed by atoms with van der Waals surface area (Å²) in [5, 5.41) is 3.25. The number of benzene rings is 1. The molecule has 0 saturated carbocycles. The Morgan fingerprint density at radius 2 is 1.91 bits per heavy atom. The maximum atomic E-state index is 13.5. The molecule has 0 aliphatic heterocycles. The van der Waals surface area contributed by atoms with Gasteiger partial charge in [0.1, 0.15) is 5.82 Å². The fourth-order valence-electron chi connectivity index (χ4n) is 3.96. The maximum absolute atomic E-state index is 13.5. The first-order chi connectivity index (χ1) is 15.7. The zero-order chi connectivity index (χ0) is 22.3. The Morgan fingerprint density at radius 3 is 2.62 bits per heavy atom. The molecule has 0 aliphatic rings. The third kappa shape index (κ3) is 4.93. The van der Waals surface area contributed by atoms with Gasteiger partial charge in [-0.1, -0.05) is 37.3 Å². The topological polar surface area (TPSA) is 75.9 Å². The summed E-state index contributed by atoms with van der Waals surface area (Å²) in [5.41, 5.74) is 4.32. The van der Waals surface area contributed by atoms with Crippen molar-refractivity contribution >= 4 is 21.7 Å². The van der Waals surface area contributed by atoms with Gasteiger partial charge in [-0.3, -0.25) is 19.2 Å². The van der Waals surface area contributed by atoms with Crippen LogP contribution in [-0.4, -0.2) is 44.6 Å². The molecule has 7 nitrogen and oxygen atoms in total. The van der Waals surface area contributed by atoms with Crippen LogP contribution in [0.15, 0.2) is 65.2 Å². The molecule has 0 bridgehead atoms. The summed E-state index contributed by atoms with van der Waals surface area (Å²) >= 11 is 1.42. The van der Waals surface area contributed by atoms with Crippen molar-refractivity contribution in [3.8, 4) is 0 Å². The van der Waals surface area contributed by atoms with Gasteiger partial charge in [0, 0.05) is 32.0 Å². The molecule has 0 spiro atoms. The predicted molar refractivity (Wildman–Crippen MR) is 129 cm³/mol. The summed E-state index contributed by atoms with van der Waals surface area (Å²) in [7, 11) is 1.96. The number of fused-ring (bicyclic) bond motifs is 1. The SMILES string of the molecule is CCC(c1nc2scnc2c(=O)n1Cc1ccccc1)N(CCNC)Cc1ccncc1. The summed E-state index contributed by atoms with van der Waals surface area (Å²) in [5.74, 6) is 0.795. The first-order valence-electron chi connectivity index (χ1n) is 10.9. The van der Waals surface area contributed by atoms with E-state index in [0.29, 0.717) is 16.9 Å². The van der Waals surface area contributed by atoms with E-state index in [4.69, 9.17) is 4.98 Å². The van der Waals surface area contributed by atoms with Crippen molar-refractivity contribution in [2.24, 2.45) is 0 Å². The third-order valence-corrected chi connectivity index (χ3v) is 6.30. The molecule has 0 saturated heterocycles. The Hall–Kier alpha value is -2.94. The third-order valence-electron chi connectivity index (χ3n) is 5.58. The highest BCUT2D eigenvalue weighted by Gasteiger charge is 2.25. The van der Waals surface area contributed by atoms with Crippen LogP contribution < -0.4 is 10.9 Å². The van der Waals surface area contributed by atoms with Crippen LogP contribution in [0.4, 0.5) is 0 Å². The molecule has 3 aromatic heterocycles. The fraction of sp³-hybridized carbons (Fsp3) is 0.333. The van der Waals surface area contributed by atoms with Gasteiger partial charge in [-0.15, -0.1) is 11.3 Å². The number of thiazole rings is 1. The molecular weight excluding hydrogens is 420 g/mol. The lowest BCUT2D eigenvalue weighted by atomic mass is 10.1. The monoisotopic (exact) mass is 448 g/mol. The Bertz CT molecular complexity index is 1190. The van der Waals surface area contributed by atoms with E-state index in [2.05, 4.69) is 27.1 Å². The summed E-state index contributed by atoms with van der Waals surface area (Å²) in [6.07, 6.45) is 4.47. The van der Waals surface area contributed by atoms with Crippen LogP contribution in [0.2, 0.25) is 0 Å². The van der Waals surface area contributed by atoms with Gasteiger partial charge in [0.15, 0.2) is 10.3 Å². The number of nitrogens with zero attached hydrogens (tertiary/aromatic N) is 5. The molecule has 166 valence electrons. The highest BCUT2D eigenvalue weighted by atomic mass is 32.1. The van der Waals surface area contributed by atoms with Crippen LogP contribution in [0.25, 0.3) is 10.3 Å². The zero-order valence-corrected chi connectivity index (χ0v) is 19.3. The molecule has 1 unspecified atom stereocenters. The Labute approximate surface area is 191 Å². The van der Waals surface area contributed by atoms with Crippen LogP contribution in [0.3, 0.4) is 0 Å². The van der Waals surface area contributed by atoms with Crippen LogP contribution in [0.1, 0.15) is 36.3 Å². The molecular formula is C24H28N6OS. The zero-order valence-electron chi connectivity index (χ0n) is 18.4. The van der Waals surface area contributed by atoms with Gasteiger partial charge in [-0.05, 0) is 36.7 Å². The van der Waals surface area contributed by atoms with Gasteiger partial charge in [0.25, 0.3) is 5.56 Å². The molecule has 1 N–H and O–H groups in total. The van der Waals surface area contributed by atoms with Gasteiger partial charge < -0.3 is 5.32 Å². The quantitative estimate of drug-likeness (QED) is 0.400. The number of rotatable bonds is 10. The second-order valence-corrected chi connectivity index (χ2v) is 8.54. The molecule has 4 rings (SSSR count). The van der Waals surface area contributed by atoms with Gasteiger partial charge >= 0.3 is 0 Å². The van der Waals surface area contributed by atoms with Gasteiger partial charge in [-0.2, -0.15) is 0 Å². The molecule has 3 heterocycles. The molecule has 0 amide bonds. The molecule has 0 aliphatic carbocycles. The fourth-order valence-corrected chi connectivity index (χ4v) is 4.62. The second-order valence-electron chi connectivity index (χ2n) is 7.71. The standard InChI is InChI=1S/C24H28N6OS/c1-3-20(29(14-13-25-2)15-19-9-11-26-12-10-19)22-28-23-21(27-17-32-23)24(31)30(22)16-18-7-5-4-6-8-18/h4-12,17,20,25H,3,13-16H2,1-2H3. The summed E-state index contributed by atoms with van der Waals surface area (Å²) in [6.45, 7) is 5.05. The van der Waals surface area contributed by atoms with E-state index in [0.717, 1.165) is 37.4 Å². The first-order valence-corrected chi connectivity index (χ1v) is 11.7. The molecule has 8 heteroatoms. The van der Waals surface area contributed by atoms with Crippen molar-refractivity contribution in [2.75, 3.05) is 20.1 Å². The van der Waals surface area contributed by atoms with Crippen LogP contribution in [0, 0.1) is 0 Å². The molecule has 0 fully saturated rings. The Kier molecular flexibility index (Phi) is 7.36. The van der Waals surface area contributed by atoms with Crippen molar-refractivity contribution in [1.29, 1.82) is 0 Å². The Morgan fingerprint density at radius 1 is 1.12 bits per heavy atom. The summed E-state index contributed by atoms with van der Waals surface area (Å²) < 4.78 is 1.81. The van der Waals surface area contributed by atoms with Gasteiger partial charge in [0.2, 0.25) is 0 Å². The van der Waals surface area contributed by atoms with Crippen molar-refractivity contribution in [3.05, 3.63) is 87.7 Å². The lowest BCUT2D eigenvalue weighted by molar-refractivity contribution is 0.172. The second kappa shape index (κ2) is 10.6. The largest absolute Gasteiger partial charge is 0.318 e. The average Bonchev–Trinajstić information content (AvgIpc) is 3.30. The molecule has 4 aromatic rings. The van der Waals surface area contributed by atoms with Crippen LogP contribution in [0.5, 0.6) is 0 Å². The number of nitrogens with one attached hydrogen (secondary N) is 1. The molecule has 0 radical (unpaired) electrons. The number of likely N-dealkylation sites (N-methyl/N-ethyl adjacent to an activating group) is 1. The normalized spacial score (nSPS) is 12.5. The van der Waals surface area contributed by atoms with Gasteiger partial charge in [0.05, 0.1) is 18.1 Å². The van der Waals surface area contributed by atoms with E-state index >= 15 is 0 Å². The summed E-state index contributed by atoms with van der Waals surface area (Å²) in [4.78, 5) is 30.0. The van der Waals surface area contributed by atoms with Crippen LogP contribution in [-0.2, 0) is 13.1 Å². The number of hydrogen-bond donors (Lipinski definition) is 1. The Balaban J connectivity index is 1.79. The van der Waals surface area contributed by atoms with E-state index in [1.807, 2.05) is 66.5 Å². The number of aromatic nitrogens is 4. The number of pyridine rings is 1. The maximum Gasteiger partial charge on any atom is 0.281 e. The van der Waals surface area contributed by atoms with E-state index < -0.39 is 0 Å². The van der Waals surface area contributed by atoms with Gasteiger partial charge in [-0.25, -0.2) is 9.97 Å². The van der Waals surface area contributed by atoms with Crippen molar-refractivity contribution in [2.45, 2.75) is 32.5 Å². The lowest BCUT2D eigenvalue weighted by Crippen LogP contribution is -2.38. The predicted octanol–water partition coefficient (Wildman–Crippen LogP) is 3.47. The molecule has 1 atom stereocenters. The van der Waals surface area contributed by atoms with Crippen LogP contribution >= 0.6 is 11.3 Å². The lowest BCUT2D eigenvalue weighted by Gasteiger charge is -2.32. The minimum atomic E-state index is -0.0777. The minimum Gasteiger partial charge on any atom is -0.318 e. The van der Waals surface area contributed by atoms with Crippen molar-refractivity contribution in [3.63, 3.8) is 0 Å². The van der Waals surface area contributed by atoms with E-state index in [1.54, 1.807) is 5.51 Å². The minimum absolute atomic E-state index is 0.0144. The highest BCUT2D eigenvalue weighted by Crippen LogP contribution is 2.26. The van der Waals surface area contributed by atoms with E-state index in [-0.39, 0.29) is 11.6 Å².